The minimum atomic E-state index is 0.815. The van der Waals surface area contributed by atoms with Crippen LogP contribution in [0.4, 0.5) is 17.1 Å². The van der Waals surface area contributed by atoms with Crippen LogP contribution in [0, 0.1) is 0 Å². The molecule has 3 nitrogen and oxygen atoms in total. The van der Waals surface area contributed by atoms with Crippen LogP contribution in [0.5, 0.6) is 0 Å². The van der Waals surface area contributed by atoms with E-state index in [1.165, 1.54) is 22.3 Å². The third kappa shape index (κ3) is 4.37. The lowest BCUT2D eigenvalue weighted by Crippen LogP contribution is -2.10. The normalized spacial score (nSPS) is 11.7. The fraction of sp³-hybridized carbons (Fsp3) is 0. The molecule has 2 heterocycles. The molecule has 8 aromatic carbocycles. The van der Waals surface area contributed by atoms with Gasteiger partial charge in [-0.3, -0.25) is 0 Å². The first-order valence-electron chi connectivity index (χ1n) is 16.6. The smallest absolute Gasteiger partial charge is 0.159 e. The molecule has 0 N–H and O–H groups in total. The first kappa shape index (κ1) is 27.5. The molecule has 0 spiro atoms. The van der Waals surface area contributed by atoms with Gasteiger partial charge >= 0.3 is 0 Å². The Morgan fingerprint density at radius 2 is 0.816 bits per heavy atom. The predicted octanol–water partition coefficient (Wildman–Crippen LogP) is 13.4. The van der Waals surface area contributed by atoms with Crippen LogP contribution in [0.3, 0.4) is 0 Å². The van der Waals surface area contributed by atoms with Crippen LogP contribution in [0.25, 0.3) is 76.9 Å². The molecule has 0 atom stereocenters. The molecular weight excluding hydrogens is 599 g/mol. The molecule has 2 aromatic heterocycles. The van der Waals surface area contributed by atoms with E-state index in [-0.39, 0.29) is 0 Å². The fourth-order valence-electron chi connectivity index (χ4n) is 7.38. The zero-order valence-corrected chi connectivity index (χ0v) is 26.5. The van der Waals surface area contributed by atoms with Crippen LogP contribution in [-0.4, -0.2) is 0 Å². The van der Waals surface area contributed by atoms with Gasteiger partial charge in [-0.15, -0.1) is 0 Å². The molecule has 230 valence electrons. The molecule has 0 saturated carbocycles. The topological polar surface area (TPSA) is 29.5 Å². The molecule has 0 aliphatic rings. The lowest BCUT2D eigenvalue weighted by molar-refractivity contribution is 0.665. The molecule has 0 aliphatic heterocycles. The first-order valence-corrected chi connectivity index (χ1v) is 16.6. The molecule has 0 aliphatic carbocycles. The van der Waals surface area contributed by atoms with Gasteiger partial charge in [0.05, 0.1) is 11.1 Å². The number of nitrogens with zero attached hydrogens (tertiary/aromatic N) is 1. The number of anilines is 3. The van der Waals surface area contributed by atoms with Crippen LogP contribution in [-0.2, 0) is 0 Å². The van der Waals surface area contributed by atoms with Crippen molar-refractivity contribution < 1.29 is 8.83 Å². The Morgan fingerprint density at radius 3 is 1.45 bits per heavy atom. The van der Waals surface area contributed by atoms with E-state index in [1.54, 1.807) is 0 Å². The zero-order chi connectivity index (χ0) is 32.3. The number of hydrogen-bond donors (Lipinski definition) is 0. The van der Waals surface area contributed by atoms with Crippen LogP contribution in [0.15, 0.2) is 185 Å². The zero-order valence-electron chi connectivity index (χ0n) is 26.5. The maximum atomic E-state index is 7.01. The van der Waals surface area contributed by atoms with Crippen molar-refractivity contribution in [2.45, 2.75) is 0 Å². The third-order valence-electron chi connectivity index (χ3n) is 9.66. The average molecular weight is 628 g/mol. The maximum Gasteiger partial charge on any atom is 0.159 e. The van der Waals surface area contributed by atoms with E-state index in [0.29, 0.717) is 0 Å². The highest BCUT2D eigenvalue weighted by atomic mass is 16.3. The number of hydrogen-bond acceptors (Lipinski definition) is 3. The van der Waals surface area contributed by atoms with E-state index in [1.807, 2.05) is 12.1 Å². The lowest BCUT2D eigenvalue weighted by atomic mass is 9.99. The second kappa shape index (κ2) is 11.0. The van der Waals surface area contributed by atoms with Crippen molar-refractivity contribution in [3.63, 3.8) is 0 Å². The van der Waals surface area contributed by atoms with E-state index in [4.69, 9.17) is 8.83 Å². The number of benzene rings is 8. The van der Waals surface area contributed by atoms with Gasteiger partial charge < -0.3 is 13.7 Å². The number of furan rings is 2. The third-order valence-corrected chi connectivity index (χ3v) is 9.66. The molecule has 0 fully saturated rings. The van der Waals surface area contributed by atoms with E-state index in [0.717, 1.165) is 71.7 Å². The molecule has 0 saturated heterocycles. The van der Waals surface area contributed by atoms with Crippen LogP contribution in [0.2, 0.25) is 0 Å². The van der Waals surface area contributed by atoms with Gasteiger partial charge in [0.2, 0.25) is 0 Å². The first-order chi connectivity index (χ1) is 24.3. The SMILES string of the molecule is c1ccc(-c2ccc(N(c3ccc(-c4ccccc4)cc3)c3cccc4c3oc3c5ccccc5c5c6ccccc6oc5c43)cc2)cc1. The monoisotopic (exact) mass is 627 g/mol. The van der Waals surface area contributed by atoms with Gasteiger partial charge in [-0.25, -0.2) is 0 Å². The average Bonchev–Trinajstić information content (AvgIpc) is 3.76. The summed E-state index contributed by atoms with van der Waals surface area (Å²) in [6.07, 6.45) is 0. The molecule has 3 heteroatoms. The summed E-state index contributed by atoms with van der Waals surface area (Å²) in [6.45, 7) is 0. The highest BCUT2D eigenvalue weighted by molar-refractivity contribution is 6.34. The van der Waals surface area contributed by atoms with Crippen molar-refractivity contribution in [1.82, 2.24) is 0 Å². The molecule has 10 rings (SSSR count). The Hall–Kier alpha value is -6.58. The Labute approximate surface area is 282 Å². The summed E-state index contributed by atoms with van der Waals surface area (Å²) < 4.78 is 13.7. The number of rotatable bonds is 5. The molecule has 0 amide bonds. The molecule has 0 unspecified atom stereocenters. The van der Waals surface area contributed by atoms with Crippen molar-refractivity contribution in [2.24, 2.45) is 0 Å². The van der Waals surface area contributed by atoms with Crippen LogP contribution < -0.4 is 4.90 Å². The van der Waals surface area contributed by atoms with Gasteiger partial charge in [0.25, 0.3) is 0 Å². The van der Waals surface area contributed by atoms with E-state index in [9.17, 15) is 0 Å². The minimum Gasteiger partial charge on any atom is -0.455 e. The van der Waals surface area contributed by atoms with Gasteiger partial charge in [0.1, 0.15) is 16.7 Å². The quantitative estimate of drug-likeness (QED) is 0.190. The maximum absolute atomic E-state index is 7.01. The van der Waals surface area contributed by atoms with Crippen molar-refractivity contribution in [3.05, 3.63) is 176 Å². The Kier molecular flexibility index (Phi) is 6.18. The fourth-order valence-corrected chi connectivity index (χ4v) is 7.38. The molecule has 49 heavy (non-hydrogen) atoms. The lowest BCUT2D eigenvalue weighted by Gasteiger charge is -2.26. The van der Waals surface area contributed by atoms with Crippen molar-refractivity contribution >= 4 is 71.7 Å². The summed E-state index contributed by atoms with van der Waals surface area (Å²) in [4.78, 5) is 2.30. The van der Waals surface area contributed by atoms with Gasteiger partial charge in [0.15, 0.2) is 5.58 Å². The van der Waals surface area contributed by atoms with Crippen molar-refractivity contribution in [2.75, 3.05) is 4.90 Å². The Balaban J connectivity index is 1.23. The van der Waals surface area contributed by atoms with Gasteiger partial charge in [-0.2, -0.15) is 0 Å². The summed E-state index contributed by atoms with van der Waals surface area (Å²) in [5.41, 5.74) is 11.1. The van der Waals surface area contributed by atoms with Crippen molar-refractivity contribution in [3.8, 4) is 22.3 Å². The molecule has 10 aromatic rings. The summed E-state index contributed by atoms with van der Waals surface area (Å²) in [5, 5.41) is 6.45. The number of para-hydroxylation sites is 2. The van der Waals surface area contributed by atoms with E-state index < -0.39 is 0 Å². The summed E-state index contributed by atoms with van der Waals surface area (Å²) in [7, 11) is 0. The largest absolute Gasteiger partial charge is 0.455 e. The second-order valence-electron chi connectivity index (χ2n) is 12.5. The Bertz CT molecular complexity index is 2710. The summed E-state index contributed by atoms with van der Waals surface area (Å²) in [6, 6.07) is 61.8. The van der Waals surface area contributed by atoms with Gasteiger partial charge in [0, 0.05) is 32.9 Å². The highest BCUT2D eigenvalue weighted by Crippen LogP contribution is 2.48. The molecule has 0 radical (unpaired) electrons. The van der Waals surface area contributed by atoms with Crippen LogP contribution >= 0.6 is 0 Å². The van der Waals surface area contributed by atoms with E-state index in [2.05, 4.69) is 169 Å². The highest BCUT2D eigenvalue weighted by Gasteiger charge is 2.24. The summed E-state index contributed by atoms with van der Waals surface area (Å²) in [5.74, 6) is 0. The van der Waals surface area contributed by atoms with Gasteiger partial charge in [-0.1, -0.05) is 140 Å². The molecule has 0 bridgehead atoms. The molecular formula is C46H29NO2. The standard InChI is InChI=1S/C46H29NO2/c1-3-12-30(13-4-1)32-22-26-34(27-23-32)47(35-28-24-33(25-29-35)31-14-5-2-6-15-31)40-20-11-19-39-43-45(49-44(39)40)37-17-8-7-16-36(37)42-38-18-9-10-21-41(38)48-46(42)43/h1-29H. The second-order valence-corrected chi connectivity index (χ2v) is 12.5. The van der Waals surface area contributed by atoms with E-state index >= 15 is 0 Å². The van der Waals surface area contributed by atoms with Crippen molar-refractivity contribution in [1.29, 1.82) is 0 Å². The van der Waals surface area contributed by atoms with Gasteiger partial charge in [-0.05, 0) is 64.0 Å². The summed E-state index contributed by atoms with van der Waals surface area (Å²) >= 11 is 0. The minimum absolute atomic E-state index is 0.815. The predicted molar refractivity (Wildman–Crippen MR) is 204 cm³/mol. The van der Waals surface area contributed by atoms with Crippen LogP contribution in [0.1, 0.15) is 0 Å². The Morgan fingerprint density at radius 1 is 0.306 bits per heavy atom. The number of fused-ring (bicyclic) bond motifs is 10.